The first-order valence-electron chi connectivity index (χ1n) is 8.10. The molecular formula is C19H22BrNO4. The summed E-state index contributed by atoms with van der Waals surface area (Å²) in [6.45, 7) is 2.02. The summed E-state index contributed by atoms with van der Waals surface area (Å²) in [4.78, 5) is 11.7. The molecule has 0 radical (unpaired) electrons. The number of benzene rings is 2. The summed E-state index contributed by atoms with van der Waals surface area (Å²) in [5.74, 6) is 0. The van der Waals surface area contributed by atoms with Gasteiger partial charge in [0.1, 0.15) is 18.8 Å². The van der Waals surface area contributed by atoms with Crippen LogP contribution in [0.3, 0.4) is 0 Å². The minimum absolute atomic E-state index is 0.103. The highest BCUT2D eigenvalue weighted by atomic mass is 79.9. The predicted molar refractivity (Wildman–Crippen MR) is 99.1 cm³/mol. The van der Waals surface area contributed by atoms with E-state index in [0.717, 1.165) is 22.0 Å². The second-order valence-corrected chi connectivity index (χ2v) is 6.57. The lowest BCUT2D eigenvalue weighted by molar-refractivity contribution is 0.0179. The Balaban J connectivity index is 1.84. The van der Waals surface area contributed by atoms with Gasteiger partial charge in [0.15, 0.2) is 0 Å². The molecule has 0 aromatic heterocycles. The standard InChI is InChI=1S/C19H22BrNO4/c1-2-14-10-15(20)8-9-16(14)18(23)17(22)11-21-19(24)25-12-13-6-4-3-5-7-13/h3-10,17-18,22-23H,2,11-12H2,1H3,(H,21,24). The third-order valence-electron chi connectivity index (χ3n) is 3.84. The number of hydrogen-bond acceptors (Lipinski definition) is 4. The van der Waals surface area contributed by atoms with Crippen molar-refractivity contribution in [1.29, 1.82) is 0 Å². The predicted octanol–water partition coefficient (Wildman–Crippen LogP) is 3.33. The molecule has 0 aliphatic heterocycles. The zero-order valence-corrected chi connectivity index (χ0v) is 15.6. The van der Waals surface area contributed by atoms with Crippen molar-refractivity contribution in [2.45, 2.75) is 32.2 Å². The lowest BCUT2D eigenvalue weighted by Crippen LogP contribution is -2.36. The number of ether oxygens (including phenoxy) is 1. The monoisotopic (exact) mass is 407 g/mol. The number of aliphatic hydroxyl groups excluding tert-OH is 2. The van der Waals surface area contributed by atoms with Crippen LogP contribution in [0.1, 0.15) is 29.7 Å². The van der Waals surface area contributed by atoms with Gasteiger partial charge in [-0.15, -0.1) is 0 Å². The molecule has 0 aliphatic rings. The molecule has 134 valence electrons. The van der Waals surface area contributed by atoms with Crippen LogP contribution in [0.25, 0.3) is 0 Å². The van der Waals surface area contributed by atoms with Crippen LogP contribution >= 0.6 is 15.9 Å². The van der Waals surface area contributed by atoms with Crippen molar-refractivity contribution in [3.05, 3.63) is 69.7 Å². The number of nitrogens with one attached hydrogen (secondary N) is 1. The molecule has 2 aromatic carbocycles. The number of halogens is 1. The van der Waals surface area contributed by atoms with E-state index in [2.05, 4.69) is 21.2 Å². The highest BCUT2D eigenvalue weighted by molar-refractivity contribution is 9.10. The van der Waals surface area contributed by atoms with Crippen molar-refractivity contribution in [2.75, 3.05) is 6.54 Å². The molecule has 0 saturated heterocycles. The zero-order valence-electron chi connectivity index (χ0n) is 14.0. The van der Waals surface area contributed by atoms with Gasteiger partial charge in [-0.3, -0.25) is 0 Å². The molecule has 2 aromatic rings. The highest BCUT2D eigenvalue weighted by Gasteiger charge is 2.21. The number of aliphatic hydroxyl groups is 2. The fourth-order valence-corrected chi connectivity index (χ4v) is 2.86. The summed E-state index contributed by atoms with van der Waals surface area (Å²) in [5, 5.41) is 23.0. The summed E-state index contributed by atoms with van der Waals surface area (Å²) in [6.07, 6.45) is -2.12. The molecule has 0 spiro atoms. The molecule has 2 unspecified atom stereocenters. The zero-order chi connectivity index (χ0) is 18.2. The smallest absolute Gasteiger partial charge is 0.407 e. The van der Waals surface area contributed by atoms with Crippen LogP contribution in [0.4, 0.5) is 4.79 Å². The Morgan fingerprint density at radius 1 is 1.20 bits per heavy atom. The highest BCUT2D eigenvalue weighted by Crippen LogP contribution is 2.25. The van der Waals surface area contributed by atoms with E-state index in [9.17, 15) is 15.0 Å². The molecule has 3 N–H and O–H groups in total. The largest absolute Gasteiger partial charge is 0.445 e. The van der Waals surface area contributed by atoms with Gasteiger partial charge in [-0.05, 0) is 35.2 Å². The van der Waals surface area contributed by atoms with Crippen LogP contribution in [-0.2, 0) is 17.8 Å². The van der Waals surface area contributed by atoms with Crippen LogP contribution in [0.15, 0.2) is 53.0 Å². The molecule has 2 rings (SSSR count). The fourth-order valence-electron chi connectivity index (χ4n) is 2.45. The summed E-state index contributed by atoms with van der Waals surface area (Å²) < 4.78 is 5.99. The first kappa shape index (κ1) is 19.4. The first-order chi connectivity index (χ1) is 12.0. The minimum Gasteiger partial charge on any atom is -0.445 e. The van der Waals surface area contributed by atoms with Crippen molar-refractivity contribution < 1.29 is 19.7 Å². The molecule has 0 fully saturated rings. The number of carbonyl (C=O) groups excluding carboxylic acids is 1. The van der Waals surface area contributed by atoms with Crippen LogP contribution in [-0.4, -0.2) is 29.0 Å². The average molecular weight is 408 g/mol. The average Bonchev–Trinajstić information content (AvgIpc) is 2.64. The number of alkyl carbamates (subject to hydrolysis) is 1. The molecule has 2 atom stereocenters. The molecule has 0 heterocycles. The van der Waals surface area contributed by atoms with E-state index in [-0.39, 0.29) is 13.2 Å². The Morgan fingerprint density at radius 2 is 1.92 bits per heavy atom. The van der Waals surface area contributed by atoms with E-state index in [1.54, 1.807) is 6.07 Å². The lowest BCUT2D eigenvalue weighted by atomic mass is 9.97. The fraction of sp³-hybridized carbons (Fsp3) is 0.316. The van der Waals surface area contributed by atoms with E-state index in [1.807, 2.05) is 49.4 Å². The second kappa shape index (κ2) is 9.56. The van der Waals surface area contributed by atoms with Crippen LogP contribution in [0, 0.1) is 0 Å². The van der Waals surface area contributed by atoms with Crippen molar-refractivity contribution in [3.8, 4) is 0 Å². The molecule has 0 saturated carbocycles. The Hall–Kier alpha value is -1.89. The Labute approximate surface area is 155 Å². The molecule has 0 aliphatic carbocycles. The summed E-state index contributed by atoms with van der Waals surface area (Å²) in [7, 11) is 0. The number of hydrogen-bond donors (Lipinski definition) is 3. The quantitative estimate of drug-likeness (QED) is 0.657. The van der Waals surface area contributed by atoms with Crippen molar-refractivity contribution in [2.24, 2.45) is 0 Å². The van der Waals surface area contributed by atoms with Gasteiger partial charge in [0.25, 0.3) is 0 Å². The maximum atomic E-state index is 11.7. The number of rotatable bonds is 7. The molecule has 5 nitrogen and oxygen atoms in total. The van der Waals surface area contributed by atoms with Crippen molar-refractivity contribution in [1.82, 2.24) is 5.32 Å². The number of amides is 1. The van der Waals surface area contributed by atoms with Crippen LogP contribution < -0.4 is 5.32 Å². The summed E-state index contributed by atoms with van der Waals surface area (Å²) in [5.41, 5.74) is 2.46. The van der Waals surface area contributed by atoms with Crippen molar-refractivity contribution in [3.63, 3.8) is 0 Å². The van der Waals surface area contributed by atoms with Gasteiger partial charge in [0.05, 0.1) is 0 Å². The third kappa shape index (κ3) is 5.85. The van der Waals surface area contributed by atoms with E-state index < -0.39 is 18.3 Å². The van der Waals surface area contributed by atoms with Gasteiger partial charge < -0.3 is 20.3 Å². The second-order valence-electron chi connectivity index (χ2n) is 5.65. The molecule has 6 heteroatoms. The molecule has 0 bridgehead atoms. The first-order valence-corrected chi connectivity index (χ1v) is 8.89. The Kier molecular flexibility index (Phi) is 7.43. The summed E-state index contributed by atoms with van der Waals surface area (Å²) >= 11 is 3.39. The van der Waals surface area contributed by atoms with Gasteiger partial charge in [-0.25, -0.2) is 4.79 Å². The summed E-state index contributed by atoms with van der Waals surface area (Å²) in [6, 6.07) is 14.8. The van der Waals surface area contributed by atoms with Gasteiger partial charge in [0.2, 0.25) is 0 Å². The van der Waals surface area contributed by atoms with Crippen molar-refractivity contribution >= 4 is 22.0 Å². The van der Waals surface area contributed by atoms with Crippen LogP contribution in [0.5, 0.6) is 0 Å². The third-order valence-corrected chi connectivity index (χ3v) is 4.33. The molecule has 25 heavy (non-hydrogen) atoms. The van der Waals surface area contributed by atoms with E-state index >= 15 is 0 Å². The Morgan fingerprint density at radius 3 is 2.60 bits per heavy atom. The lowest BCUT2D eigenvalue weighted by Gasteiger charge is -2.21. The van der Waals surface area contributed by atoms with Gasteiger partial charge in [-0.1, -0.05) is 59.3 Å². The SMILES string of the molecule is CCc1cc(Br)ccc1C(O)C(O)CNC(=O)OCc1ccccc1. The normalized spacial score (nSPS) is 13.1. The van der Waals surface area contributed by atoms with Crippen LogP contribution in [0.2, 0.25) is 0 Å². The van der Waals surface area contributed by atoms with E-state index in [1.165, 1.54) is 0 Å². The maximum absolute atomic E-state index is 11.7. The Bertz CT molecular complexity index is 693. The molecular weight excluding hydrogens is 386 g/mol. The van der Waals surface area contributed by atoms with Gasteiger partial charge in [-0.2, -0.15) is 0 Å². The topological polar surface area (TPSA) is 78.8 Å². The minimum atomic E-state index is -1.13. The van der Waals surface area contributed by atoms with Gasteiger partial charge in [0, 0.05) is 11.0 Å². The van der Waals surface area contributed by atoms with E-state index in [4.69, 9.17) is 4.74 Å². The number of aryl methyl sites for hydroxylation is 1. The molecule has 1 amide bonds. The number of carbonyl (C=O) groups is 1. The van der Waals surface area contributed by atoms with E-state index in [0.29, 0.717) is 5.56 Å². The van der Waals surface area contributed by atoms with Gasteiger partial charge >= 0.3 is 6.09 Å². The maximum Gasteiger partial charge on any atom is 0.407 e.